The van der Waals surface area contributed by atoms with Crippen LogP contribution in [0, 0.1) is 10.2 Å². The molecule has 90 valence electrons. The van der Waals surface area contributed by atoms with Gasteiger partial charge in [0.25, 0.3) is 0 Å². The molecule has 17 heavy (non-hydrogen) atoms. The molecule has 0 spiro atoms. The van der Waals surface area contributed by atoms with Gasteiger partial charge < -0.3 is 0 Å². The molecule has 2 rings (SSSR count). The molecule has 6 heteroatoms. The molecule has 0 aliphatic heterocycles. The van der Waals surface area contributed by atoms with Crippen LogP contribution in [-0.2, 0) is 6.54 Å². The van der Waals surface area contributed by atoms with Gasteiger partial charge in [0.05, 0.1) is 6.20 Å². The largest absolute Gasteiger partial charge is 0.298 e. The Hall–Kier alpha value is -1.56. The standard InChI is InChI=1S/C11H15N5S/c1-11(2,3)7-16-9(14-15-10(16)17)8-6-12-4-5-13-8/h4-6H,7H2,1-3H3,(H,15,17). The number of hydrogen-bond acceptors (Lipinski definition) is 4. The zero-order valence-electron chi connectivity index (χ0n) is 10.1. The van der Waals surface area contributed by atoms with E-state index in [9.17, 15) is 0 Å². The van der Waals surface area contributed by atoms with E-state index < -0.39 is 0 Å². The van der Waals surface area contributed by atoms with E-state index in [0.29, 0.717) is 4.77 Å². The van der Waals surface area contributed by atoms with Crippen LogP contribution in [0.25, 0.3) is 11.5 Å². The fourth-order valence-electron chi connectivity index (χ4n) is 1.55. The highest BCUT2D eigenvalue weighted by molar-refractivity contribution is 7.71. The molecule has 0 saturated heterocycles. The van der Waals surface area contributed by atoms with Crippen LogP contribution >= 0.6 is 12.2 Å². The van der Waals surface area contributed by atoms with Crippen molar-refractivity contribution in [1.82, 2.24) is 24.7 Å². The predicted octanol–water partition coefficient (Wildman–Crippen LogP) is 2.44. The zero-order valence-corrected chi connectivity index (χ0v) is 11.0. The third-order valence-electron chi connectivity index (χ3n) is 2.18. The van der Waals surface area contributed by atoms with E-state index in [1.54, 1.807) is 18.6 Å². The molecule has 1 N–H and O–H groups in total. The lowest BCUT2D eigenvalue weighted by Gasteiger charge is -2.19. The van der Waals surface area contributed by atoms with Crippen molar-refractivity contribution in [2.45, 2.75) is 27.3 Å². The number of aromatic nitrogens is 5. The minimum absolute atomic E-state index is 0.124. The van der Waals surface area contributed by atoms with E-state index in [1.807, 2.05) is 4.57 Å². The number of rotatable bonds is 2. The summed E-state index contributed by atoms with van der Waals surface area (Å²) in [6, 6.07) is 0. The first kappa shape index (κ1) is 11.9. The van der Waals surface area contributed by atoms with Crippen LogP contribution < -0.4 is 0 Å². The van der Waals surface area contributed by atoms with E-state index in [0.717, 1.165) is 18.1 Å². The third kappa shape index (κ3) is 2.76. The van der Waals surface area contributed by atoms with Crippen LogP contribution in [0.5, 0.6) is 0 Å². The highest BCUT2D eigenvalue weighted by atomic mass is 32.1. The average molecular weight is 249 g/mol. The molecule has 0 bridgehead atoms. The fourth-order valence-corrected chi connectivity index (χ4v) is 1.75. The lowest BCUT2D eigenvalue weighted by Crippen LogP contribution is -2.16. The van der Waals surface area contributed by atoms with Gasteiger partial charge in [-0.25, -0.2) is 4.98 Å². The van der Waals surface area contributed by atoms with Crippen LogP contribution in [0.4, 0.5) is 0 Å². The van der Waals surface area contributed by atoms with Crippen molar-refractivity contribution in [2.24, 2.45) is 5.41 Å². The molecule has 5 nitrogen and oxygen atoms in total. The van der Waals surface area contributed by atoms with Crippen molar-refractivity contribution in [3.8, 4) is 11.5 Å². The molecule has 0 unspecified atom stereocenters. The molecule has 0 aliphatic rings. The van der Waals surface area contributed by atoms with E-state index >= 15 is 0 Å². The summed E-state index contributed by atoms with van der Waals surface area (Å²) in [4.78, 5) is 8.29. The van der Waals surface area contributed by atoms with Gasteiger partial charge in [-0.1, -0.05) is 20.8 Å². The number of nitrogens with zero attached hydrogens (tertiary/aromatic N) is 4. The molecule has 2 aromatic heterocycles. The fraction of sp³-hybridized carbons (Fsp3) is 0.455. The first-order valence-corrected chi connectivity index (χ1v) is 5.80. The first-order chi connectivity index (χ1) is 7.97. The molecular weight excluding hydrogens is 234 g/mol. The van der Waals surface area contributed by atoms with E-state index in [1.165, 1.54) is 0 Å². The summed E-state index contributed by atoms with van der Waals surface area (Å²) in [6.45, 7) is 7.25. The van der Waals surface area contributed by atoms with Crippen molar-refractivity contribution < 1.29 is 0 Å². The molecule has 0 amide bonds. The Morgan fingerprint density at radius 1 is 1.35 bits per heavy atom. The summed E-state index contributed by atoms with van der Waals surface area (Å²) in [6.07, 6.45) is 4.97. The van der Waals surface area contributed by atoms with Gasteiger partial charge in [-0.2, -0.15) is 5.10 Å². The maximum atomic E-state index is 5.24. The van der Waals surface area contributed by atoms with Crippen molar-refractivity contribution in [3.05, 3.63) is 23.4 Å². The average Bonchev–Trinajstić information content (AvgIpc) is 2.60. The molecule has 0 fully saturated rings. The maximum Gasteiger partial charge on any atom is 0.195 e. The Labute approximate surface area is 105 Å². The number of H-pyrrole nitrogens is 1. The Balaban J connectivity index is 2.47. The Bertz CT molecular complexity index is 549. The maximum absolute atomic E-state index is 5.24. The lowest BCUT2D eigenvalue weighted by atomic mass is 9.97. The summed E-state index contributed by atoms with van der Waals surface area (Å²) in [5, 5.41) is 7.02. The monoisotopic (exact) mass is 249 g/mol. The number of nitrogens with one attached hydrogen (secondary N) is 1. The van der Waals surface area contributed by atoms with Gasteiger partial charge in [-0.05, 0) is 17.6 Å². The molecule has 0 aliphatic carbocycles. The molecule has 0 aromatic carbocycles. The zero-order chi connectivity index (χ0) is 12.5. The van der Waals surface area contributed by atoms with Crippen molar-refractivity contribution in [3.63, 3.8) is 0 Å². The van der Waals surface area contributed by atoms with E-state index in [-0.39, 0.29) is 5.41 Å². The lowest BCUT2D eigenvalue weighted by molar-refractivity contribution is 0.343. The van der Waals surface area contributed by atoms with Gasteiger partial charge in [0.15, 0.2) is 10.6 Å². The van der Waals surface area contributed by atoms with E-state index in [2.05, 4.69) is 40.9 Å². The van der Waals surface area contributed by atoms with Gasteiger partial charge in [-0.15, -0.1) is 0 Å². The van der Waals surface area contributed by atoms with Gasteiger partial charge in [0.2, 0.25) is 0 Å². The first-order valence-electron chi connectivity index (χ1n) is 5.39. The summed E-state index contributed by atoms with van der Waals surface area (Å²) in [5.41, 5.74) is 0.850. The van der Waals surface area contributed by atoms with Crippen molar-refractivity contribution in [1.29, 1.82) is 0 Å². The van der Waals surface area contributed by atoms with Gasteiger partial charge in [0.1, 0.15) is 5.69 Å². The van der Waals surface area contributed by atoms with Crippen LogP contribution in [-0.4, -0.2) is 24.7 Å². The minimum Gasteiger partial charge on any atom is -0.298 e. The third-order valence-corrected chi connectivity index (χ3v) is 2.49. The molecular formula is C11H15N5S. The molecule has 0 saturated carbocycles. The minimum atomic E-state index is 0.124. The molecule has 2 aromatic rings. The topological polar surface area (TPSA) is 59.4 Å². The molecule has 0 atom stereocenters. The SMILES string of the molecule is CC(C)(C)Cn1c(-c2cnccn2)n[nH]c1=S. The van der Waals surface area contributed by atoms with Crippen LogP contribution in [0.1, 0.15) is 20.8 Å². The Morgan fingerprint density at radius 2 is 2.12 bits per heavy atom. The second-order valence-electron chi connectivity index (χ2n) is 5.09. The highest BCUT2D eigenvalue weighted by Gasteiger charge is 2.17. The van der Waals surface area contributed by atoms with Crippen LogP contribution in [0.3, 0.4) is 0 Å². The van der Waals surface area contributed by atoms with Gasteiger partial charge in [-0.3, -0.25) is 14.6 Å². The highest BCUT2D eigenvalue weighted by Crippen LogP contribution is 2.21. The summed E-state index contributed by atoms with van der Waals surface area (Å²) in [5.74, 6) is 0.734. The van der Waals surface area contributed by atoms with Crippen molar-refractivity contribution in [2.75, 3.05) is 0 Å². The quantitative estimate of drug-likeness (QED) is 0.830. The number of hydrogen-bond donors (Lipinski definition) is 1. The number of aromatic amines is 1. The summed E-state index contributed by atoms with van der Waals surface area (Å²) >= 11 is 5.24. The second kappa shape index (κ2) is 4.37. The summed E-state index contributed by atoms with van der Waals surface area (Å²) in [7, 11) is 0. The Morgan fingerprint density at radius 3 is 2.71 bits per heavy atom. The van der Waals surface area contributed by atoms with Crippen LogP contribution in [0.15, 0.2) is 18.6 Å². The summed E-state index contributed by atoms with van der Waals surface area (Å²) < 4.78 is 2.57. The van der Waals surface area contributed by atoms with Gasteiger partial charge in [0, 0.05) is 18.9 Å². The van der Waals surface area contributed by atoms with Crippen molar-refractivity contribution >= 4 is 12.2 Å². The normalized spacial score (nSPS) is 11.7. The molecule has 2 heterocycles. The van der Waals surface area contributed by atoms with E-state index in [4.69, 9.17) is 12.2 Å². The van der Waals surface area contributed by atoms with Crippen LogP contribution in [0.2, 0.25) is 0 Å². The van der Waals surface area contributed by atoms with Gasteiger partial charge >= 0.3 is 0 Å². The molecule has 0 radical (unpaired) electrons. The smallest absolute Gasteiger partial charge is 0.195 e. The predicted molar refractivity (Wildman–Crippen MR) is 67.9 cm³/mol. The Kier molecular flexibility index (Phi) is 3.06. The second-order valence-corrected chi connectivity index (χ2v) is 5.48.